The number of piperidine rings is 1. The monoisotopic (exact) mass is 441 g/mol. The van der Waals surface area contributed by atoms with Crippen LogP contribution in [0.5, 0.6) is 0 Å². The van der Waals surface area contributed by atoms with Crippen LogP contribution in [0.2, 0.25) is 0 Å². The van der Waals surface area contributed by atoms with Gasteiger partial charge in [-0.3, -0.25) is 9.59 Å². The van der Waals surface area contributed by atoms with Crippen LogP contribution in [-0.4, -0.2) is 40.4 Å². The zero-order valence-electron chi connectivity index (χ0n) is 19.0. The molecule has 0 saturated carbocycles. The van der Waals surface area contributed by atoms with Gasteiger partial charge in [0.15, 0.2) is 17.3 Å². The van der Waals surface area contributed by atoms with E-state index >= 15 is 0 Å². The first-order valence-corrected chi connectivity index (χ1v) is 11.5. The second-order valence-corrected chi connectivity index (χ2v) is 9.54. The van der Waals surface area contributed by atoms with E-state index < -0.39 is 5.60 Å². The van der Waals surface area contributed by atoms with Gasteiger partial charge in [0.1, 0.15) is 5.60 Å². The lowest BCUT2D eigenvalue weighted by Crippen LogP contribution is -2.42. The van der Waals surface area contributed by atoms with Crippen molar-refractivity contribution in [1.82, 2.24) is 4.90 Å². The largest absolute Gasteiger partial charge is 0.443 e. The highest BCUT2D eigenvalue weighted by Gasteiger charge is 2.32. The number of furan rings is 1. The molecule has 1 fully saturated rings. The lowest BCUT2D eigenvalue weighted by Gasteiger charge is -2.31. The molecular weight excluding hydrogens is 414 g/mol. The highest BCUT2D eigenvalue weighted by atomic mass is 16.4. The highest BCUT2D eigenvalue weighted by Crippen LogP contribution is 2.34. The summed E-state index contributed by atoms with van der Waals surface area (Å²) in [7, 11) is 0. The van der Waals surface area contributed by atoms with Crippen LogP contribution in [-0.2, 0) is 12.8 Å². The number of aryl methyl sites for hydroxylation is 2. The molecule has 2 aromatic carbocycles. The zero-order chi connectivity index (χ0) is 23.2. The van der Waals surface area contributed by atoms with Gasteiger partial charge in [0, 0.05) is 24.6 Å². The quantitative estimate of drug-likeness (QED) is 0.483. The van der Waals surface area contributed by atoms with E-state index in [-0.39, 0.29) is 23.4 Å². The van der Waals surface area contributed by atoms with Crippen LogP contribution in [0, 0.1) is 17.8 Å². The van der Waals surface area contributed by atoms with Gasteiger partial charge in [-0.15, -0.1) is 0 Å². The number of amides is 1. The number of benzene rings is 2. The summed E-state index contributed by atoms with van der Waals surface area (Å²) in [4.78, 5) is 28.3. The second kappa shape index (κ2) is 8.20. The van der Waals surface area contributed by atoms with Crippen LogP contribution < -0.4 is 0 Å². The molecule has 5 nitrogen and oxygen atoms in total. The maximum Gasteiger partial charge on any atom is 0.289 e. The summed E-state index contributed by atoms with van der Waals surface area (Å²) in [6.45, 7) is 4.15. The minimum atomic E-state index is -1.14. The molecule has 1 aliphatic heterocycles. The van der Waals surface area contributed by atoms with Gasteiger partial charge in [-0.05, 0) is 79.5 Å². The van der Waals surface area contributed by atoms with E-state index in [2.05, 4.69) is 24.0 Å². The number of aliphatic hydroxyl groups is 1. The van der Waals surface area contributed by atoms with Gasteiger partial charge in [0.2, 0.25) is 0 Å². The van der Waals surface area contributed by atoms with Crippen LogP contribution in [0.3, 0.4) is 0 Å². The van der Waals surface area contributed by atoms with E-state index in [0.29, 0.717) is 18.8 Å². The van der Waals surface area contributed by atoms with Gasteiger partial charge in [-0.2, -0.15) is 0 Å². The van der Waals surface area contributed by atoms with Crippen LogP contribution in [0.4, 0.5) is 0 Å². The number of rotatable bonds is 3. The topological polar surface area (TPSA) is 70.8 Å². The standard InChI is InChI=1S/C28H27NO4/c1-28(2,32)15-14-21-11-13-24(33-21)27(31)29-16-4-6-20(17-29)26(30)23-12-10-19-9-8-18-5-3-7-22(23)25(18)19/h3,5,7,10-13,20,32H,4,6,8-9,16-17H2,1-2H3/t20-/m0/s1. The number of nitrogens with zero attached hydrogens (tertiary/aromatic N) is 1. The van der Waals surface area contributed by atoms with Gasteiger partial charge in [0.05, 0.1) is 0 Å². The molecule has 5 heteroatoms. The third-order valence-corrected chi connectivity index (χ3v) is 6.53. The Labute approximate surface area is 193 Å². The van der Waals surface area contributed by atoms with E-state index in [4.69, 9.17) is 4.42 Å². The molecule has 1 N–H and O–H groups in total. The third kappa shape index (κ3) is 4.19. The lowest BCUT2D eigenvalue weighted by atomic mass is 9.87. The molecule has 0 bridgehead atoms. The number of hydrogen-bond acceptors (Lipinski definition) is 4. The molecular formula is C28H27NO4. The SMILES string of the molecule is CC(C)(O)C#Cc1ccc(C(=O)N2CCC[C@H](C(=O)c3ccc4c5c(cccc35)CC4)C2)o1. The van der Waals surface area contributed by atoms with Crippen molar-refractivity contribution in [2.24, 2.45) is 5.92 Å². The van der Waals surface area contributed by atoms with Crippen LogP contribution in [0.1, 0.15) is 64.5 Å². The summed E-state index contributed by atoms with van der Waals surface area (Å²) < 4.78 is 5.60. The smallest absolute Gasteiger partial charge is 0.289 e. The van der Waals surface area contributed by atoms with Crippen molar-refractivity contribution in [2.75, 3.05) is 13.1 Å². The van der Waals surface area contributed by atoms with E-state index in [1.165, 1.54) is 16.5 Å². The normalized spacial score (nSPS) is 17.7. The minimum Gasteiger partial charge on any atom is -0.443 e. The third-order valence-electron chi connectivity index (χ3n) is 6.53. The van der Waals surface area contributed by atoms with Crippen molar-refractivity contribution in [3.63, 3.8) is 0 Å². The summed E-state index contributed by atoms with van der Waals surface area (Å²) in [5.74, 6) is 5.61. The Morgan fingerprint density at radius 2 is 1.88 bits per heavy atom. The first kappa shape index (κ1) is 21.5. The molecule has 1 amide bonds. The van der Waals surface area contributed by atoms with Crippen LogP contribution in [0.25, 0.3) is 10.8 Å². The molecule has 1 aromatic heterocycles. The van der Waals surface area contributed by atoms with Crippen molar-refractivity contribution in [2.45, 2.75) is 45.1 Å². The van der Waals surface area contributed by atoms with Crippen molar-refractivity contribution < 1.29 is 19.1 Å². The van der Waals surface area contributed by atoms with Crippen molar-refractivity contribution in [3.05, 3.63) is 70.7 Å². The molecule has 1 saturated heterocycles. The molecule has 2 aliphatic rings. The number of carbonyl (C=O) groups excluding carboxylic acids is 2. The van der Waals surface area contributed by atoms with E-state index in [9.17, 15) is 14.7 Å². The highest BCUT2D eigenvalue weighted by molar-refractivity contribution is 6.11. The number of Topliss-reactive ketones (excluding diaryl/α,β-unsaturated/α-hetero) is 1. The Balaban J connectivity index is 1.35. The molecule has 1 aliphatic carbocycles. The fourth-order valence-corrected chi connectivity index (χ4v) is 4.95. The molecule has 3 aromatic rings. The summed E-state index contributed by atoms with van der Waals surface area (Å²) in [6.07, 6.45) is 3.60. The van der Waals surface area contributed by atoms with Crippen LogP contribution >= 0.6 is 0 Å². The Morgan fingerprint density at radius 1 is 1.09 bits per heavy atom. The van der Waals surface area contributed by atoms with Gasteiger partial charge in [-0.1, -0.05) is 36.3 Å². The first-order chi connectivity index (χ1) is 15.8. The predicted octanol–water partition coefficient (Wildman–Crippen LogP) is 4.39. The molecule has 33 heavy (non-hydrogen) atoms. The molecule has 0 spiro atoms. The first-order valence-electron chi connectivity index (χ1n) is 11.5. The Kier molecular flexibility index (Phi) is 5.34. The molecule has 2 heterocycles. The van der Waals surface area contributed by atoms with E-state index in [0.717, 1.165) is 36.6 Å². The average molecular weight is 442 g/mol. The van der Waals surface area contributed by atoms with Crippen molar-refractivity contribution >= 4 is 22.5 Å². The number of ketones is 1. The van der Waals surface area contributed by atoms with E-state index in [1.54, 1.807) is 30.9 Å². The Hall–Kier alpha value is -3.36. The van der Waals surface area contributed by atoms with Gasteiger partial charge in [0.25, 0.3) is 5.91 Å². The number of hydrogen-bond donors (Lipinski definition) is 1. The summed E-state index contributed by atoms with van der Waals surface area (Å²) in [6, 6.07) is 13.5. The van der Waals surface area contributed by atoms with Crippen molar-refractivity contribution in [1.29, 1.82) is 0 Å². The predicted molar refractivity (Wildman–Crippen MR) is 126 cm³/mol. The molecule has 0 unspecified atom stereocenters. The molecule has 5 rings (SSSR count). The van der Waals surface area contributed by atoms with Crippen LogP contribution in [0.15, 0.2) is 46.9 Å². The zero-order valence-corrected chi connectivity index (χ0v) is 19.0. The summed E-state index contributed by atoms with van der Waals surface area (Å²) >= 11 is 0. The lowest BCUT2D eigenvalue weighted by molar-refractivity contribution is 0.0610. The second-order valence-electron chi connectivity index (χ2n) is 9.54. The minimum absolute atomic E-state index is 0.110. The summed E-state index contributed by atoms with van der Waals surface area (Å²) in [5, 5.41) is 12.0. The van der Waals surface area contributed by atoms with E-state index in [1.807, 2.05) is 18.2 Å². The Morgan fingerprint density at radius 3 is 2.67 bits per heavy atom. The van der Waals surface area contributed by atoms with Crippen molar-refractivity contribution in [3.8, 4) is 11.8 Å². The molecule has 0 radical (unpaired) electrons. The summed E-state index contributed by atoms with van der Waals surface area (Å²) in [5.41, 5.74) is 2.26. The van der Waals surface area contributed by atoms with Gasteiger partial charge < -0.3 is 14.4 Å². The molecule has 1 atom stereocenters. The van der Waals surface area contributed by atoms with Gasteiger partial charge in [-0.25, -0.2) is 0 Å². The Bertz CT molecular complexity index is 1300. The molecule has 168 valence electrons. The number of carbonyl (C=O) groups is 2. The fraction of sp³-hybridized carbons (Fsp3) is 0.357. The number of likely N-dealkylation sites (tertiary alicyclic amines) is 1. The average Bonchev–Trinajstić information content (AvgIpc) is 3.45. The van der Waals surface area contributed by atoms with Gasteiger partial charge >= 0.3 is 0 Å². The maximum absolute atomic E-state index is 13.5. The fourth-order valence-electron chi connectivity index (χ4n) is 4.95. The maximum atomic E-state index is 13.5.